The quantitative estimate of drug-likeness (QED) is 0.712. The first-order chi connectivity index (χ1) is 6.58. The van der Waals surface area contributed by atoms with Gasteiger partial charge in [-0.05, 0) is 19.4 Å². The summed E-state index contributed by atoms with van der Waals surface area (Å²) in [5.74, 6) is 0.293. The summed E-state index contributed by atoms with van der Waals surface area (Å²) in [5.41, 5.74) is 0.639. The summed E-state index contributed by atoms with van der Waals surface area (Å²) in [6.45, 7) is 3.84. The third-order valence-corrected chi connectivity index (χ3v) is 2.25. The highest BCUT2D eigenvalue weighted by Crippen LogP contribution is 2.26. The number of ether oxygens (including phenoxy) is 1. The van der Waals surface area contributed by atoms with Crippen molar-refractivity contribution in [2.45, 2.75) is 25.6 Å². The summed E-state index contributed by atoms with van der Waals surface area (Å²) in [7, 11) is 0. The summed E-state index contributed by atoms with van der Waals surface area (Å²) in [5, 5.41) is 11.0. The molecule has 0 spiro atoms. The van der Waals surface area contributed by atoms with Crippen molar-refractivity contribution in [1.82, 2.24) is 5.32 Å². The fraction of sp³-hybridized carbons (Fsp3) is 0.364. The van der Waals surface area contributed by atoms with E-state index in [9.17, 15) is 0 Å². The molecule has 1 aromatic rings. The molecule has 1 atom stereocenters. The van der Waals surface area contributed by atoms with Crippen molar-refractivity contribution >= 4 is 5.90 Å². The van der Waals surface area contributed by atoms with E-state index in [4.69, 9.17) is 10.1 Å². The minimum absolute atomic E-state index is 0.105. The Hall–Kier alpha value is -1.35. The molecule has 1 aromatic carbocycles. The van der Waals surface area contributed by atoms with Crippen molar-refractivity contribution in [2.75, 3.05) is 0 Å². The molecule has 14 heavy (non-hydrogen) atoms. The van der Waals surface area contributed by atoms with Gasteiger partial charge in [0.25, 0.3) is 0 Å². The minimum Gasteiger partial charge on any atom is -0.459 e. The Labute approximate surface area is 83.6 Å². The van der Waals surface area contributed by atoms with Crippen LogP contribution in [0.3, 0.4) is 0 Å². The maximum absolute atomic E-state index is 7.71. The lowest BCUT2D eigenvalue weighted by molar-refractivity contribution is 0.0969. The molecule has 0 amide bonds. The summed E-state index contributed by atoms with van der Waals surface area (Å²) < 4.78 is 5.39. The Morgan fingerprint density at radius 3 is 2.43 bits per heavy atom. The molecule has 3 nitrogen and oxygen atoms in total. The highest BCUT2D eigenvalue weighted by atomic mass is 16.5. The van der Waals surface area contributed by atoms with Crippen molar-refractivity contribution in [2.24, 2.45) is 0 Å². The van der Waals surface area contributed by atoms with Gasteiger partial charge in [-0.25, -0.2) is 0 Å². The van der Waals surface area contributed by atoms with Crippen molar-refractivity contribution in [3.63, 3.8) is 0 Å². The van der Waals surface area contributed by atoms with E-state index < -0.39 is 5.72 Å². The fourth-order valence-electron chi connectivity index (χ4n) is 1.66. The second-order valence-electron chi connectivity index (χ2n) is 3.96. The van der Waals surface area contributed by atoms with E-state index in [-0.39, 0.29) is 6.04 Å². The van der Waals surface area contributed by atoms with Crippen LogP contribution in [0.2, 0.25) is 0 Å². The highest BCUT2D eigenvalue weighted by Gasteiger charge is 2.36. The lowest BCUT2D eigenvalue weighted by Gasteiger charge is -2.16. The van der Waals surface area contributed by atoms with Gasteiger partial charge in [0.2, 0.25) is 5.90 Å². The Kier molecular flexibility index (Phi) is 2.04. The molecule has 1 unspecified atom stereocenters. The number of nitrogens with one attached hydrogen (secondary N) is 2. The second kappa shape index (κ2) is 3.10. The van der Waals surface area contributed by atoms with Crippen LogP contribution in [-0.2, 0) is 4.74 Å². The average Bonchev–Trinajstić information content (AvgIpc) is 2.41. The van der Waals surface area contributed by atoms with E-state index >= 15 is 0 Å². The van der Waals surface area contributed by atoms with Crippen molar-refractivity contribution in [1.29, 1.82) is 5.41 Å². The van der Waals surface area contributed by atoms with Crippen LogP contribution in [0.4, 0.5) is 0 Å². The zero-order valence-corrected chi connectivity index (χ0v) is 8.37. The molecule has 74 valence electrons. The van der Waals surface area contributed by atoms with Crippen molar-refractivity contribution < 1.29 is 4.74 Å². The van der Waals surface area contributed by atoms with E-state index in [1.807, 2.05) is 44.2 Å². The molecule has 1 aliphatic heterocycles. The highest BCUT2D eigenvalue weighted by molar-refractivity contribution is 5.82. The molecule has 0 aromatic heterocycles. The first-order valence-corrected chi connectivity index (χ1v) is 4.68. The van der Waals surface area contributed by atoms with Crippen LogP contribution < -0.4 is 5.32 Å². The number of rotatable bonds is 1. The molecular formula is C11H14N2O. The fourth-order valence-corrected chi connectivity index (χ4v) is 1.66. The predicted molar refractivity (Wildman–Crippen MR) is 55.2 cm³/mol. The number of benzene rings is 1. The smallest absolute Gasteiger partial charge is 0.204 e. The maximum atomic E-state index is 7.71. The first kappa shape index (κ1) is 9.21. The Morgan fingerprint density at radius 2 is 1.93 bits per heavy atom. The van der Waals surface area contributed by atoms with Gasteiger partial charge in [0.1, 0.15) is 6.04 Å². The van der Waals surface area contributed by atoms with E-state index in [0.29, 0.717) is 5.90 Å². The molecule has 0 bridgehead atoms. The molecule has 0 aliphatic carbocycles. The largest absolute Gasteiger partial charge is 0.459 e. The molecular weight excluding hydrogens is 176 g/mol. The second-order valence-corrected chi connectivity index (χ2v) is 3.96. The van der Waals surface area contributed by atoms with E-state index in [0.717, 1.165) is 5.56 Å². The van der Waals surface area contributed by atoms with Crippen LogP contribution in [0.1, 0.15) is 25.5 Å². The standard InChI is InChI=1S/C11H14N2O/c1-11(2)13-9(10(12)14-11)8-6-4-3-5-7-8/h3-7,9,12-13H,1-2H3. The summed E-state index contributed by atoms with van der Waals surface area (Å²) >= 11 is 0. The van der Waals surface area contributed by atoms with Gasteiger partial charge in [-0.3, -0.25) is 10.7 Å². The maximum Gasteiger partial charge on any atom is 0.204 e. The molecule has 0 radical (unpaired) electrons. The molecule has 3 heteroatoms. The SMILES string of the molecule is CC1(C)NC(c2ccccc2)C(=N)O1. The van der Waals surface area contributed by atoms with Crippen LogP contribution in [0.25, 0.3) is 0 Å². The Morgan fingerprint density at radius 1 is 1.29 bits per heavy atom. The van der Waals surface area contributed by atoms with Gasteiger partial charge >= 0.3 is 0 Å². The van der Waals surface area contributed by atoms with Crippen molar-refractivity contribution in [3.05, 3.63) is 35.9 Å². The van der Waals surface area contributed by atoms with Gasteiger partial charge in [-0.2, -0.15) is 0 Å². The third-order valence-electron chi connectivity index (χ3n) is 2.25. The molecule has 1 aliphatic rings. The van der Waals surface area contributed by atoms with E-state index in [1.54, 1.807) is 0 Å². The summed E-state index contributed by atoms with van der Waals surface area (Å²) in [6, 6.07) is 9.79. The summed E-state index contributed by atoms with van der Waals surface area (Å²) in [6.07, 6.45) is 0. The topological polar surface area (TPSA) is 45.1 Å². The Bertz CT molecular complexity index is 346. The van der Waals surface area contributed by atoms with Crippen molar-refractivity contribution in [3.8, 4) is 0 Å². The molecule has 1 saturated heterocycles. The Balaban J connectivity index is 2.26. The average molecular weight is 190 g/mol. The van der Waals surface area contributed by atoms with E-state index in [2.05, 4.69) is 5.32 Å². The van der Waals surface area contributed by atoms with Gasteiger partial charge in [-0.15, -0.1) is 0 Å². The first-order valence-electron chi connectivity index (χ1n) is 4.68. The monoisotopic (exact) mass is 190 g/mol. The van der Waals surface area contributed by atoms with Gasteiger partial charge in [0, 0.05) is 0 Å². The van der Waals surface area contributed by atoms with Gasteiger partial charge in [-0.1, -0.05) is 30.3 Å². The molecule has 2 N–H and O–H groups in total. The van der Waals surface area contributed by atoms with Crippen LogP contribution in [0, 0.1) is 5.41 Å². The van der Waals surface area contributed by atoms with Gasteiger partial charge < -0.3 is 4.74 Å². The molecule has 1 fully saturated rings. The lowest BCUT2D eigenvalue weighted by atomic mass is 10.1. The molecule has 2 rings (SSSR count). The molecule has 0 saturated carbocycles. The lowest BCUT2D eigenvalue weighted by Crippen LogP contribution is -2.34. The minimum atomic E-state index is -0.433. The zero-order valence-electron chi connectivity index (χ0n) is 8.37. The van der Waals surface area contributed by atoms with Crippen LogP contribution in [0.5, 0.6) is 0 Å². The number of hydrogen-bond acceptors (Lipinski definition) is 3. The number of hydrogen-bond donors (Lipinski definition) is 2. The van der Waals surface area contributed by atoms with Gasteiger partial charge in [0.15, 0.2) is 5.72 Å². The molecule has 1 heterocycles. The van der Waals surface area contributed by atoms with Crippen LogP contribution >= 0.6 is 0 Å². The van der Waals surface area contributed by atoms with Crippen LogP contribution in [0.15, 0.2) is 30.3 Å². The third kappa shape index (κ3) is 1.63. The van der Waals surface area contributed by atoms with Gasteiger partial charge in [0.05, 0.1) is 0 Å². The van der Waals surface area contributed by atoms with E-state index in [1.165, 1.54) is 0 Å². The zero-order chi connectivity index (χ0) is 10.2. The van der Waals surface area contributed by atoms with Crippen LogP contribution in [-0.4, -0.2) is 11.6 Å². The summed E-state index contributed by atoms with van der Waals surface area (Å²) in [4.78, 5) is 0. The normalized spacial score (nSPS) is 24.7. The predicted octanol–water partition coefficient (Wildman–Crippen LogP) is 2.06.